The third kappa shape index (κ3) is 5.05. The molecule has 0 radical (unpaired) electrons. The van der Waals surface area contributed by atoms with Gasteiger partial charge in [0.1, 0.15) is 5.75 Å². The maximum atomic E-state index is 12.0. The van der Waals surface area contributed by atoms with E-state index in [2.05, 4.69) is 29.1 Å². The van der Waals surface area contributed by atoms with Gasteiger partial charge in [-0.15, -0.1) is 0 Å². The second-order valence-electron chi connectivity index (χ2n) is 6.84. The van der Waals surface area contributed by atoms with Crippen molar-refractivity contribution in [2.24, 2.45) is 11.8 Å². The van der Waals surface area contributed by atoms with Crippen LogP contribution in [0.2, 0.25) is 0 Å². The molecule has 2 N–H and O–H groups in total. The highest BCUT2D eigenvalue weighted by molar-refractivity contribution is 5.90. The number of amides is 1. The van der Waals surface area contributed by atoms with Crippen LogP contribution in [-0.4, -0.2) is 21.0 Å². The first-order chi connectivity index (χ1) is 11.3. The molecule has 0 saturated carbocycles. The molecule has 0 bridgehead atoms. The van der Waals surface area contributed by atoms with Gasteiger partial charge in [-0.25, -0.2) is 9.97 Å². The fourth-order valence-electron chi connectivity index (χ4n) is 2.39. The van der Waals surface area contributed by atoms with Crippen LogP contribution in [0, 0.1) is 11.8 Å². The van der Waals surface area contributed by atoms with Crippen LogP contribution in [0.5, 0.6) is 5.75 Å². The molecule has 24 heavy (non-hydrogen) atoms. The number of benzene rings is 1. The van der Waals surface area contributed by atoms with Gasteiger partial charge in [0.25, 0.3) is 0 Å². The molecule has 128 valence electrons. The summed E-state index contributed by atoms with van der Waals surface area (Å²) in [7, 11) is 0. The number of carbonyl (C=O) groups is 1. The molecule has 5 nitrogen and oxygen atoms in total. The average Bonchev–Trinajstić information content (AvgIpc) is 2.48. The molecule has 1 heterocycles. The summed E-state index contributed by atoms with van der Waals surface area (Å²) in [5, 5.41) is 12.3. The minimum absolute atomic E-state index is 0.0401. The van der Waals surface area contributed by atoms with Gasteiger partial charge in [-0.2, -0.15) is 0 Å². The average molecular weight is 327 g/mol. The second kappa shape index (κ2) is 7.90. The topological polar surface area (TPSA) is 75.1 Å². The van der Waals surface area contributed by atoms with Crippen LogP contribution < -0.4 is 5.32 Å². The Kier molecular flexibility index (Phi) is 5.90. The van der Waals surface area contributed by atoms with Crippen molar-refractivity contribution >= 4 is 11.7 Å². The number of rotatable bonds is 6. The van der Waals surface area contributed by atoms with Crippen molar-refractivity contribution < 1.29 is 9.90 Å². The summed E-state index contributed by atoms with van der Waals surface area (Å²) in [6.45, 7) is 8.23. The molecule has 1 aromatic heterocycles. The van der Waals surface area contributed by atoms with E-state index in [0.717, 1.165) is 23.4 Å². The van der Waals surface area contributed by atoms with E-state index in [9.17, 15) is 9.90 Å². The first-order valence-electron chi connectivity index (χ1n) is 8.30. The lowest BCUT2D eigenvalue weighted by Gasteiger charge is -2.13. The van der Waals surface area contributed by atoms with E-state index in [-0.39, 0.29) is 11.7 Å². The predicted octanol–water partition coefficient (Wildman–Crippen LogP) is 4.03. The van der Waals surface area contributed by atoms with E-state index >= 15 is 0 Å². The van der Waals surface area contributed by atoms with E-state index in [4.69, 9.17) is 0 Å². The van der Waals surface area contributed by atoms with Gasteiger partial charge in [-0.1, -0.05) is 27.7 Å². The van der Waals surface area contributed by atoms with Crippen LogP contribution >= 0.6 is 0 Å². The highest BCUT2D eigenvalue weighted by atomic mass is 16.3. The largest absolute Gasteiger partial charge is 0.508 e. The first kappa shape index (κ1) is 17.9. The molecule has 2 aromatic rings. The number of aromatic hydroxyl groups is 1. The summed E-state index contributed by atoms with van der Waals surface area (Å²) in [6, 6.07) is 6.85. The summed E-state index contributed by atoms with van der Waals surface area (Å²) in [5.74, 6) is 1.41. The molecule has 5 heteroatoms. The van der Waals surface area contributed by atoms with Crippen molar-refractivity contribution in [3.63, 3.8) is 0 Å². The van der Waals surface area contributed by atoms with Gasteiger partial charge < -0.3 is 10.4 Å². The second-order valence-corrected chi connectivity index (χ2v) is 6.84. The van der Waals surface area contributed by atoms with Crippen molar-refractivity contribution in [2.75, 3.05) is 5.32 Å². The molecule has 1 amide bonds. The number of carbonyl (C=O) groups excluding carboxylic acids is 1. The Balaban J connectivity index is 2.31. The summed E-state index contributed by atoms with van der Waals surface area (Å²) in [6.07, 6.45) is 2.85. The molecule has 0 spiro atoms. The molecule has 0 aliphatic heterocycles. The highest BCUT2D eigenvalue weighted by Gasteiger charge is 2.14. The molecule has 0 unspecified atom stereocenters. The van der Waals surface area contributed by atoms with Crippen molar-refractivity contribution in [1.29, 1.82) is 0 Å². The Morgan fingerprint density at radius 1 is 1.12 bits per heavy atom. The Morgan fingerprint density at radius 3 is 2.38 bits per heavy atom. The summed E-state index contributed by atoms with van der Waals surface area (Å²) in [5.41, 5.74) is 2.39. The number of aromatic nitrogens is 2. The normalized spacial score (nSPS) is 11.1. The molecule has 0 aliphatic rings. The van der Waals surface area contributed by atoms with Crippen LogP contribution in [0.15, 0.2) is 30.5 Å². The van der Waals surface area contributed by atoms with E-state index < -0.39 is 0 Å². The van der Waals surface area contributed by atoms with Gasteiger partial charge in [0.2, 0.25) is 5.91 Å². The van der Waals surface area contributed by atoms with Crippen LogP contribution in [-0.2, 0) is 11.2 Å². The van der Waals surface area contributed by atoms with Gasteiger partial charge in [-0.3, -0.25) is 4.79 Å². The van der Waals surface area contributed by atoms with Crippen molar-refractivity contribution in [2.45, 2.75) is 40.5 Å². The molecular formula is C19H25N3O2. The van der Waals surface area contributed by atoms with Crippen molar-refractivity contribution in [3.05, 3.63) is 36.2 Å². The lowest BCUT2D eigenvalue weighted by Crippen LogP contribution is -2.17. The number of nitrogens with one attached hydrogen (secondary N) is 1. The number of hydrogen-bond acceptors (Lipinski definition) is 4. The Hall–Kier alpha value is -2.43. The third-order valence-corrected chi connectivity index (χ3v) is 3.46. The van der Waals surface area contributed by atoms with Crippen LogP contribution in [0.25, 0.3) is 11.3 Å². The molecule has 2 rings (SSSR count). The van der Waals surface area contributed by atoms with Crippen LogP contribution in [0.1, 0.15) is 39.8 Å². The lowest BCUT2D eigenvalue weighted by atomic mass is 10.1. The van der Waals surface area contributed by atoms with Crippen molar-refractivity contribution in [3.8, 4) is 17.0 Å². The van der Waals surface area contributed by atoms with Crippen LogP contribution in [0.4, 0.5) is 5.82 Å². The monoisotopic (exact) mass is 327 g/mol. The smallest absolute Gasteiger partial charge is 0.225 e. The number of anilines is 1. The zero-order valence-corrected chi connectivity index (χ0v) is 14.7. The standard InChI is InChI=1S/C19H25N3O2/c1-12(2)9-16-19(22-18(24)10-13(3)4)20-11-17(21-16)14-5-7-15(23)8-6-14/h5-8,11-13,23H,9-10H2,1-4H3,(H,20,22,24). The quantitative estimate of drug-likeness (QED) is 0.840. The van der Waals surface area contributed by atoms with E-state index in [0.29, 0.717) is 24.1 Å². The van der Waals surface area contributed by atoms with E-state index in [1.807, 2.05) is 13.8 Å². The van der Waals surface area contributed by atoms with E-state index in [1.165, 1.54) is 0 Å². The minimum atomic E-state index is -0.0401. The van der Waals surface area contributed by atoms with Gasteiger partial charge in [0, 0.05) is 12.0 Å². The fraction of sp³-hybridized carbons (Fsp3) is 0.421. The highest BCUT2D eigenvalue weighted by Crippen LogP contribution is 2.23. The van der Waals surface area contributed by atoms with Gasteiger partial charge >= 0.3 is 0 Å². The molecule has 1 aromatic carbocycles. The minimum Gasteiger partial charge on any atom is -0.508 e. The van der Waals surface area contributed by atoms with Gasteiger partial charge in [0.05, 0.1) is 17.6 Å². The number of phenols is 1. The Bertz CT molecular complexity index is 694. The molecule has 0 atom stereocenters. The molecule has 0 saturated heterocycles. The van der Waals surface area contributed by atoms with Gasteiger partial charge in [-0.05, 0) is 42.5 Å². The predicted molar refractivity (Wildman–Crippen MR) is 95.8 cm³/mol. The number of nitrogens with zero attached hydrogens (tertiary/aromatic N) is 2. The summed E-state index contributed by atoms with van der Waals surface area (Å²) in [4.78, 5) is 21.2. The zero-order chi connectivity index (χ0) is 17.7. The molecule has 0 fully saturated rings. The maximum Gasteiger partial charge on any atom is 0.225 e. The number of hydrogen-bond donors (Lipinski definition) is 2. The lowest BCUT2D eigenvalue weighted by molar-refractivity contribution is -0.116. The first-order valence-corrected chi connectivity index (χ1v) is 8.30. The van der Waals surface area contributed by atoms with Gasteiger partial charge in [0.15, 0.2) is 5.82 Å². The zero-order valence-electron chi connectivity index (χ0n) is 14.7. The summed E-state index contributed by atoms with van der Waals surface area (Å²) < 4.78 is 0. The molecular weight excluding hydrogens is 302 g/mol. The number of phenolic OH excluding ortho intramolecular Hbond substituents is 1. The fourth-order valence-corrected chi connectivity index (χ4v) is 2.39. The Labute approximate surface area is 143 Å². The summed E-state index contributed by atoms with van der Waals surface area (Å²) >= 11 is 0. The van der Waals surface area contributed by atoms with E-state index in [1.54, 1.807) is 30.5 Å². The maximum absolute atomic E-state index is 12.0. The SMILES string of the molecule is CC(C)CC(=O)Nc1ncc(-c2ccc(O)cc2)nc1CC(C)C. The van der Waals surface area contributed by atoms with Crippen LogP contribution in [0.3, 0.4) is 0 Å². The third-order valence-electron chi connectivity index (χ3n) is 3.46. The Morgan fingerprint density at radius 2 is 1.79 bits per heavy atom. The molecule has 0 aliphatic carbocycles. The van der Waals surface area contributed by atoms with Crippen molar-refractivity contribution in [1.82, 2.24) is 9.97 Å².